The van der Waals surface area contributed by atoms with Crippen LogP contribution in [-0.4, -0.2) is 36.8 Å². The van der Waals surface area contributed by atoms with Crippen molar-refractivity contribution in [2.45, 2.75) is 34.1 Å². The summed E-state index contributed by atoms with van der Waals surface area (Å²) in [6, 6.07) is 15.9. The van der Waals surface area contributed by atoms with E-state index in [4.69, 9.17) is 4.98 Å². The van der Waals surface area contributed by atoms with E-state index in [0.29, 0.717) is 17.8 Å². The number of nitrogens with one attached hydrogen (secondary N) is 3. The van der Waals surface area contributed by atoms with Crippen LogP contribution in [0.1, 0.15) is 42.4 Å². The first kappa shape index (κ1) is 25.6. The Hall–Kier alpha value is -4.63. The maximum Gasteiger partial charge on any atom is 0.224 e. The van der Waals surface area contributed by atoms with Gasteiger partial charge in [-0.1, -0.05) is 26.0 Å². The molecule has 5 heterocycles. The Morgan fingerprint density at radius 3 is 2.67 bits per heavy atom. The number of rotatable bonds is 7. The molecule has 3 N–H and O–H groups in total. The van der Waals surface area contributed by atoms with Crippen LogP contribution in [0.2, 0.25) is 0 Å². The average Bonchev–Trinajstić information content (AvgIpc) is 3.66. The molecule has 5 aromatic heterocycles. The predicted octanol–water partition coefficient (Wildman–Crippen LogP) is 7.39. The second kappa shape index (κ2) is 10.2. The number of thiophene rings is 1. The molecule has 200 valence electrons. The minimum absolute atomic E-state index is 0.0389. The lowest BCUT2D eigenvalue weighted by atomic mass is 10.0. The molecule has 0 spiro atoms. The van der Waals surface area contributed by atoms with Crippen molar-refractivity contribution in [2.75, 3.05) is 5.32 Å². The first-order chi connectivity index (χ1) is 19.3. The third kappa shape index (κ3) is 4.80. The number of carbonyl (C=O) groups is 2. The molecule has 40 heavy (non-hydrogen) atoms. The van der Waals surface area contributed by atoms with Crippen LogP contribution in [0.5, 0.6) is 0 Å². The van der Waals surface area contributed by atoms with Crippen molar-refractivity contribution in [3.8, 4) is 33.1 Å². The molecule has 0 saturated heterocycles. The molecule has 0 aliphatic rings. The van der Waals surface area contributed by atoms with Gasteiger partial charge in [-0.2, -0.15) is 5.10 Å². The Balaban J connectivity index is 1.39. The zero-order valence-electron chi connectivity index (χ0n) is 22.6. The number of hydrogen-bond acceptors (Lipinski definition) is 6. The number of pyridine rings is 2. The monoisotopic (exact) mass is 548 g/mol. The zero-order chi connectivity index (χ0) is 28.0. The minimum atomic E-state index is -0.0389. The number of anilines is 1. The molecule has 0 radical (unpaired) electrons. The number of fused-ring (bicyclic) bond motifs is 2. The van der Waals surface area contributed by atoms with Crippen LogP contribution in [0.25, 0.3) is 55.0 Å². The highest BCUT2D eigenvalue weighted by Gasteiger charge is 2.18. The fourth-order valence-electron chi connectivity index (χ4n) is 4.85. The number of hydrogen-bond donors (Lipinski definition) is 3. The van der Waals surface area contributed by atoms with Crippen LogP contribution in [0.15, 0.2) is 60.9 Å². The van der Waals surface area contributed by atoms with Crippen LogP contribution in [0.3, 0.4) is 0 Å². The second-order valence-corrected chi connectivity index (χ2v) is 11.5. The van der Waals surface area contributed by atoms with E-state index in [0.717, 1.165) is 59.8 Å². The molecule has 0 unspecified atom stereocenters. The van der Waals surface area contributed by atoms with Gasteiger partial charge in [-0.25, -0.2) is 4.98 Å². The minimum Gasteiger partial charge on any atom is -0.353 e. The molecule has 0 aliphatic carbocycles. The van der Waals surface area contributed by atoms with Gasteiger partial charge in [-0.3, -0.25) is 19.7 Å². The summed E-state index contributed by atoms with van der Waals surface area (Å²) in [5.74, 6) is 0.300. The topological polar surface area (TPSA) is 116 Å². The highest BCUT2D eigenvalue weighted by molar-refractivity contribution is 7.17. The molecule has 6 rings (SSSR count). The molecule has 0 aliphatic heterocycles. The summed E-state index contributed by atoms with van der Waals surface area (Å²) in [6.45, 7) is 7.68. The van der Waals surface area contributed by atoms with Crippen LogP contribution in [-0.2, 0) is 4.79 Å². The fraction of sp³-hybridized carbons (Fsp3) is 0.194. The van der Waals surface area contributed by atoms with Gasteiger partial charge in [0, 0.05) is 39.5 Å². The van der Waals surface area contributed by atoms with Crippen molar-refractivity contribution >= 4 is 50.7 Å². The fourth-order valence-corrected chi connectivity index (χ4v) is 5.79. The Kier molecular flexibility index (Phi) is 6.51. The zero-order valence-corrected chi connectivity index (χ0v) is 23.4. The van der Waals surface area contributed by atoms with E-state index in [2.05, 4.69) is 50.6 Å². The molecule has 1 amide bonds. The van der Waals surface area contributed by atoms with Gasteiger partial charge in [0.1, 0.15) is 11.2 Å². The number of Topliss-reactive ketones (excluding diaryl/α,β-unsaturated/α-hetero) is 1. The number of benzene rings is 1. The summed E-state index contributed by atoms with van der Waals surface area (Å²) < 4.78 is 0. The lowest BCUT2D eigenvalue weighted by molar-refractivity contribution is -0.116. The van der Waals surface area contributed by atoms with E-state index in [-0.39, 0.29) is 17.6 Å². The Morgan fingerprint density at radius 1 is 1.05 bits per heavy atom. The predicted molar refractivity (Wildman–Crippen MR) is 161 cm³/mol. The van der Waals surface area contributed by atoms with Crippen molar-refractivity contribution in [2.24, 2.45) is 5.92 Å². The number of aromatic amines is 2. The molecule has 0 saturated carbocycles. The third-order valence-corrected chi connectivity index (χ3v) is 8.01. The van der Waals surface area contributed by atoms with Gasteiger partial charge in [0.05, 0.1) is 33.7 Å². The lowest BCUT2D eigenvalue weighted by Crippen LogP contribution is -2.13. The van der Waals surface area contributed by atoms with Gasteiger partial charge in [-0.15, -0.1) is 11.3 Å². The van der Waals surface area contributed by atoms with Gasteiger partial charge >= 0.3 is 0 Å². The Morgan fingerprint density at radius 2 is 1.90 bits per heavy atom. The third-order valence-electron chi connectivity index (χ3n) is 6.79. The molecular formula is C31H28N6O2S. The van der Waals surface area contributed by atoms with E-state index in [1.807, 2.05) is 44.2 Å². The smallest absolute Gasteiger partial charge is 0.224 e. The molecule has 1 aromatic carbocycles. The summed E-state index contributed by atoms with van der Waals surface area (Å²) in [5, 5.41) is 11.7. The number of aromatic nitrogens is 5. The van der Waals surface area contributed by atoms with Gasteiger partial charge in [0.25, 0.3) is 0 Å². The standard InChI is InChI=1S/C31H28N6O2S/c1-16(2)11-28(39)33-20-12-19(14-32-15-20)23-7-8-24-30(34-23)31(37-36-24)25-13-22-21(6-5-17(3)29(22)35-25)27-10-9-26(40-27)18(4)38/h5-10,12-16,35H,11H2,1-4H3,(H,33,39)(H,36,37). The summed E-state index contributed by atoms with van der Waals surface area (Å²) in [5.41, 5.74) is 8.46. The lowest BCUT2D eigenvalue weighted by Gasteiger charge is -2.08. The largest absolute Gasteiger partial charge is 0.353 e. The van der Waals surface area contributed by atoms with E-state index < -0.39 is 0 Å². The average molecular weight is 549 g/mol. The Labute approximate surface area is 234 Å². The molecule has 0 fully saturated rings. The summed E-state index contributed by atoms with van der Waals surface area (Å²) in [7, 11) is 0. The van der Waals surface area contributed by atoms with Crippen LogP contribution >= 0.6 is 11.3 Å². The molecule has 8 nitrogen and oxygen atoms in total. The van der Waals surface area contributed by atoms with Crippen LogP contribution in [0.4, 0.5) is 5.69 Å². The number of nitrogens with zero attached hydrogens (tertiary/aromatic N) is 3. The van der Waals surface area contributed by atoms with Crippen molar-refractivity contribution < 1.29 is 9.59 Å². The molecule has 0 atom stereocenters. The van der Waals surface area contributed by atoms with E-state index in [9.17, 15) is 9.59 Å². The van der Waals surface area contributed by atoms with Crippen molar-refractivity contribution in [3.05, 3.63) is 71.4 Å². The highest BCUT2D eigenvalue weighted by atomic mass is 32.1. The first-order valence-corrected chi connectivity index (χ1v) is 13.9. The van der Waals surface area contributed by atoms with E-state index >= 15 is 0 Å². The normalized spacial score (nSPS) is 11.5. The molecule has 0 bridgehead atoms. The number of carbonyl (C=O) groups excluding carboxylic acids is 2. The summed E-state index contributed by atoms with van der Waals surface area (Å²) >= 11 is 1.50. The SMILES string of the molecule is CC(=O)c1ccc(-c2ccc(C)c3[nH]c(-c4n[nH]c5ccc(-c6cncc(NC(=O)CC(C)C)c6)nc45)cc23)s1. The van der Waals surface area contributed by atoms with Crippen molar-refractivity contribution in [1.82, 2.24) is 25.1 Å². The summed E-state index contributed by atoms with van der Waals surface area (Å²) in [4.78, 5) is 38.8. The number of amides is 1. The van der Waals surface area contributed by atoms with Gasteiger partial charge in [0.15, 0.2) is 5.78 Å². The van der Waals surface area contributed by atoms with Crippen molar-refractivity contribution in [3.63, 3.8) is 0 Å². The maximum absolute atomic E-state index is 12.3. The number of ketones is 1. The van der Waals surface area contributed by atoms with Gasteiger partial charge < -0.3 is 10.3 Å². The van der Waals surface area contributed by atoms with Gasteiger partial charge in [0.2, 0.25) is 5.91 Å². The van der Waals surface area contributed by atoms with Crippen molar-refractivity contribution in [1.29, 1.82) is 0 Å². The first-order valence-electron chi connectivity index (χ1n) is 13.1. The highest BCUT2D eigenvalue weighted by Crippen LogP contribution is 2.38. The molecular weight excluding hydrogens is 520 g/mol. The Bertz CT molecular complexity index is 1910. The molecule has 9 heteroatoms. The number of H-pyrrole nitrogens is 2. The summed E-state index contributed by atoms with van der Waals surface area (Å²) in [6.07, 6.45) is 3.82. The van der Waals surface area contributed by atoms with E-state index in [1.54, 1.807) is 19.3 Å². The number of aryl methyl sites for hydroxylation is 1. The quantitative estimate of drug-likeness (QED) is 0.180. The second-order valence-electron chi connectivity index (χ2n) is 10.4. The van der Waals surface area contributed by atoms with Gasteiger partial charge in [-0.05, 0) is 61.7 Å². The molecule has 6 aromatic rings. The van der Waals surface area contributed by atoms with Crippen LogP contribution < -0.4 is 5.32 Å². The van der Waals surface area contributed by atoms with Crippen LogP contribution in [0, 0.1) is 12.8 Å². The maximum atomic E-state index is 12.3. The van der Waals surface area contributed by atoms with E-state index in [1.165, 1.54) is 11.3 Å².